The van der Waals surface area contributed by atoms with Gasteiger partial charge in [-0.25, -0.2) is 9.78 Å². The first-order chi connectivity index (χ1) is 11.1. The van der Waals surface area contributed by atoms with Crippen molar-refractivity contribution in [2.24, 2.45) is 5.73 Å². The third-order valence-corrected chi connectivity index (χ3v) is 3.69. The second-order valence-electron chi connectivity index (χ2n) is 5.81. The molecule has 2 aromatic rings. The van der Waals surface area contributed by atoms with Crippen molar-refractivity contribution in [2.45, 2.75) is 32.4 Å². The summed E-state index contributed by atoms with van der Waals surface area (Å²) in [5, 5.41) is 19.9. The molecule has 0 aliphatic carbocycles. The molecule has 1 aromatic heterocycles. The number of nitrogens with two attached hydrogens (primary N) is 1. The van der Waals surface area contributed by atoms with Crippen LogP contribution in [0.2, 0.25) is 5.15 Å². The predicted octanol–water partition coefficient (Wildman–Crippen LogP) is 2.37. The standard InChI is InChI=1S/C16H17ClN2O5/c1-7(2)24-8-4-5-9-10(6-8)14(17)19-11(12(9)20)13(21)16(3,18)15(22)23/h4-7,20H,18H2,1-3H3,(H,22,23). The molecule has 0 fully saturated rings. The van der Waals surface area contributed by atoms with Crippen LogP contribution in [-0.2, 0) is 4.79 Å². The van der Waals surface area contributed by atoms with Gasteiger partial charge in [-0.2, -0.15) is 0 Å². The number of nitrogens with zero attached hydrogens (tertiary/aromatic N) is 1. The van der Waals surface area contributed by atoms with Gasteiger partial charge in [0.15, 0.2) is 17.0 Å². The minimum absolute atomic E-state index is 0.0582. The largest absolute Gasteiger partial charge is 0.505 e. The fourth-order valence-corrected chi connectivity index (χ4v) is 2.33. The van der Waals surface area contributed by atoms with Crippen LogP contribution in [0.1, 0.15) is 31.3 Å². The summed E-state index contributed by atoms with van der Waals surface area (Å²) in [5.74, 6) is -2.54. The molecule has 0 amide bonds. The van der Waals surface area contributed by atoms with Gasteiger partial charge in [-0.05, 0) is 39.0 Å². The average Bonchev–Trinajstić information content (AvgIpc) is 2.49. The average molecular weight is 353 g/mol. The number of carbonyl (C=O) groups excluding carboxylic acids is 1. The molecule has 1 unspecified atom stereocenters. The lowest BCUT2D eigenvalue weighted by Crippen LogP contribution is -2.52. The van der Waals surface area contributed by atoms with Gasteiger partial charge in [-0.3, -0.25) is 4.79 Å². The Bertz CT molecular complexity index is 833. The van der Waals surface area contributed by atoms with E-state index in [2.05, 4.69) is 4.98 Å². The summed E-state index contributed by atoms with van der Waals surface area (Å²) in [6.45, 7) is 4.74. The van der Waals surface area contributed by atoms with Gasteiger partial charge < -0.3 is 20.7 Å². The minimum atomic E-state index is -2.23. The number of ketones is 1. The van der Waals surface area contributed by atoms with Crippen LogP contribution in [0.4, 0.5) is 0 Å². The van der Waals surface area contributed by atoms with Gasteiger partial charge in [0.05, 0.1) is 6.10 Å². The third-order valence-electron chi connectivity index (χ3n) is 3.41. The number of hydrogen-bond acceptors (Lipinski definition) is 6. The lowest BCUT2D eigenvalue weighted by Gasteiger charge is -2.18. The lowest BCUT2D eigenvalue weighted by molar-refractivity contribution is -0.140. The van der Waals surface area contributed by atoms with E-state index >= 15 is 0 Å². The van der Waals surface area contributed by atoms with E-state index < -0.39 is 28.7 Å². The van der Waals surface area contributed by atoms with Crippen molar-refractivity contribution in [3.05, 3.63) is 29.0 Å². The minimum Gasteiger partial charge on any atom is -0.505 e. The summed E-state index contributed by atoms with van der Waals surface area (Å²) in [7, 11) is 0. The number of carboxylic acids is 1. The third kappa shape index (κ3) is 3.13. The first kappa shape index (κ1) is 18.0. The van der Waals surface area contributed by atoms with Gasteiger partial charge in [0.25, 0.3) is 0 Å². The van der Waals surface area contributed by atoms with Gasteiger partial charge >= 0.3 is 5.97 Å². The molecule has 24 heavy (non-hydrogen) atoms. The molecule has 4 N–H and O–H groups in total. The van der Waals surface area contributed by atoms with Crippen molar-refractivity contribution in [1.82, 2.24) is 4.98 Å². The Hall–Kier alpha value is -2.38. The van der Waals surface area contributed by atoms with E-state index in [9.17, 15) is 14.7 Å². The number of aromatic nitrogens is 1. The lowest BCUT2D eigenvalue weighted by atomic mass is 9.94. The van der Waals surface area contributed by atoms with Crippen molar-refractivity contribution in [2.75, 3.05) is 0 Å². The number of ether oxygens (including phenoxy) is 1. The predicted molar refractivity (Wildman–Crippen MR) is 88.7 cm³/mol. The molecule has 0 aliphatic rings. The Labute approximate surface area is 143 Å². The van der Waals surface area contributed by atoms with Crippen LogP contribution >= 0.6 is 11.6 Å². The number of halogens is 1. The number of aromatic hydroxyl groups is 1. The Morgan fingerprint density at radius 2 is 1.96 bits per heavy atom. The molecule has 128 valence electrons. The maximum absolute atomic E-state index is 12.3. The highest BCUT2D eigenvalue weighted by molar-refractivity contribution is 6.35. The quantitative estimate of drug-likeness (QED) is 0.428. The molecule has 0 bridgehead atoms. The number of fused-ring (bicyclic) bond motifs is 1. The van der Waals surface area contributed by atoms with Crippen molar-refractivity contribution in [1.29, 1.82) is 0 Å². The van der Waals surface area contributed by atoms with Crippen LogP contribution in [0.3, 0.4) is 0 Å². The molecule has 0 saturated heterocycles. The topological polar surface area (TPSA) is 123 Å². The van der Waals surface area contributed by atoms with E-state index in [1.165, 1.54) is 6.07 Å². The Morgan fingerprint density at radius 3 is 2.50 bits per heavy atom. The zero-order valence-electron chi connectivity index (χ0n) is 13.3. The van der Waals surface area contributed by atoms with Gasteiger partial charge in [0.1, 0.15) is 10.9 Å². The molecule has 0 aliphatic heterocycles. The molecule has 1 atom stereocenters. The molecule has 0 radical (unpaired) electrons. The number of aliphatic carboxylic acids is 1. The number of rotatable bonds is 5. The monoisotopic (exact) mass is 352 g/mol. The van der Waals surface area contributed by atoms with Crippen molar-refractivity contribution in [3.63, 3.8) is 0 Å². The highest BCUT2D eigenvalue weighted by atomic mass is 35.5. The summed E-state index contributed by atoms with van der Waals surface area (Å²) in [4.78, 5) is 27.3. The summed E-state index contributed by atoms with van der Waals surface area (Å²) in [6.07, 6.45) is -0.0582. The maximum atomic E-state index is 12.3. The van der Waals surface area contributed by atoms with Gasteiger partial charge in [-0.1, -0.05) is 11.6 Å². The number of carbonyl (C=O) groups is 2. The van der Waals surface area contributed by atoms with Gasteiger partial charge in [0.2, 0.25) is 5.78 Å². The Morgan fingerprint density at radius 1 is 1.33 bits per heavy atom. The SMILES string of the molecule is CC(C)Oc1ccc2c(O)c(C(=O)C(C)(N)C(=O)O)nc(Cl)c2c1. The highest BCUT2D eigenvalue weighted by Crippen LogP contribution is 2.35. The van der Waals surface area contributed by atoms with E-state index in [-0.39, 0.29) is 16.6 Å². The summed E-state index contributed by atoms with van der Waals surface area (Å²) in [5.41, 5.74) is 2.79. The number of pyridine rings is 1. The summed E-state index contributed by atoms with van der Waals surface area (Å²) < 4.78 is 5.55. The van der Waals surface area contributed by atoms with E-state index in [0.717, 1.165) is 6.92 Å². The second kappa shape index (κ2) is 6.26. The van der Waals surface area contributed by atoms with Crippen LogP contribution in [0, 0.1) is 0 Å². The summed E-state index contributed by atoms with van der Waals surface area (Å²) in [6, 6.07) is 4.70. The zero-order valence-corrected chi connectivity index (χ0v) is 14.1. The molecule has 1 heterocycles. The first-order valence-electron chi connectivity index (χ1n) is 7.11. The van der Waals surface area contributed by atoms with Gasteiger partial charge in [0, 0.05) is 10.8 Å². The maximum Gasteiger partial charge on any atom is 0.331 e. The van der Waals surface area contributed by atoms with Crippen LogP contribution in [0.25, 0.3) is 10.8 Å². The molecule has 0 spiro atoms. The number of carboxylic acid groups (broad SMARTS) is 1. The molecular formula is C16H17ClN2O5. The Kier molecular flexibility index (Phi) is 4.68. The van der Waals surface area contributed by atoms with E-state index in [0.29, 0.717) is 11.1 Å². The normalized spacial score (nSPS) is 13.8. The molecule has 2 rings (SSSR count). The van der Waals surface area contributed by atoms with Crippen molar-refractivity contribution in [3.8, 4) is 11.5 Å². The van der Waals surface area contributed by atoms with E-state index in [1.54, 1.807) is 12.1 Å². The molecular weight excluding hydrogens is 336 g/mol. The highest BCUT2D eigenvalue weighted by Gasteiger charge is 2.40. The Balaban J connectivity index is 2.62. The van der Waals surface area contributed by atoms with Gasteiger partial charge in [-0.15, -0.1) is 0 Å². The molecule has 8 heteroatoms. The van der Waals surface area contributed by atoms with Crippen LogP contribution in [-0.4, -0.2) is 38.6 Å². The zero-order chi connectivity index (χ0) is 18.2. The number of benzene rings is 1. The van der Waals surface area contributed by atoms with Crippen LogP contribution in [0.5, 0.6) is 11.5 Å². The van der Waals surface area contributed by atoms with Crippen LogP contribution < -0.4 is 10.5 Å². The van der Waals surface area contributed by atoms with E-state index in [1.807, 2.05) is 13.8 Å². The van der Waals surface area contributed by atoms with Crippen molar-refractivity contribution >= 4 is 34.1 Å². The molecule has 1 aromatic carbocycles. The molecule has 0 saturated carbocycles. The number of hydrogen-bond donors (Lipinski definition) is 3. The fraction of sp³-hybridized carbons (Fsp3) is 0.312. The first-order valence-corrected chi connectivity index (χ1v) is 7.49. The molecule has 7 nitrogen and oxygen atoms in total. The fourth-order valence-electron chi connectivity index (χ4n) is 2.09. The summed E-state index contributed by atoms with van der Waals surface area (Å²) >= 11 is 6.10. The smallest absolute Gasteiger partial charge is 0.331 e. The second-order valence-corrected chi connectivity index (χ2v) is 6.17. The van der Waals surface area contributed by atoms with Crippen LogP contribution in [0.15, 0.2) is 18.2 Å². The van der Waals surface area contributed by atoms with E-state index in [4.69, 9.17) is 27.2 Å². The number of Topliss-reactive ketones (excluding diaryl/α,β-unsaturated/α-hetero) is 1. The van der Waals surface area contributed by atoms with Crippen molar-refractivity contribution < 1.29 is 24.5 Å².